The molecule has 12 heavy (non-hydrogen) atoms. The molecule has 0 amide bonds. The summed E-state index contributed by atoms with van der Waals surface area (Å²) in [6, 6.07) is 8.08. The molecule has 0 aliphatic rings. The van der Waals surface area contributed by atoms with Gasteiger partial charge in [0.2, 0.25) is 0 Å². The molecule has 0 aliphatic heterocycles. The van der Waals surface area contributed by atoms with Crippen molar-refractivity contribution in [3.05, 3.63) is 35.4 Å². The Hall–Kier alpha value is -0.860. The standard InChI is InChI=1S/C10H14O2/c1-2-3-9-4-6-10(7-5-9)8-12-11/h4-7,11H,2-3,8H2,1H3. The van der Waals surface area contributed by atoms with E-state index >= 15 is 0 Å². The molecule has 0 heterocycles. The normalized spacial score (nSPS) is 10.2. The maximum atomic E-state index is 8.19. The third kappa shape index (κ3) is 2.64. The molecule has 0 unspecified atom stereocenters. The fourth-order valence-corrected chi connectivity index (χ4v) is 1.17. The van der Waals surface area contributed by atoms with Gasteiger partial charge in [-0.25, -0.2) is 4.89 Å². The van der Waals surface area contributed by atoms with E-state index < -0.39 is 0 Å². The second-order valence-corrected chi connectivity index (χ2v) is 2.84. The predicted molar refractivity (Wildman–Crippen MR) is 47.9 cm³/mol. The maximum absolute atomic E-state index is 8.19. The lowest BCUT2D eigenvalue weighted by molar-refractivity contribution is -0.253. The molecule has 2 nitrogen and oxygen atoms in total. The number of hydrogen-bond donors (Lipinski definition) is 1. The zero-order valence-corrected chi connectivity index (χ0v) is 7.29. The Morgan fingerprint density at radius 1 is 1.17 bits per heavy atom. The summed E-state index contributed by atoms with van der Waals surface area (Å²) in [4.78, 5) is 4.03. The Kier molecular flexibility index (Phi) is 3.77. The summed E-state index contributed by atoms with van der Waals surface area (Å²) >= 11 is 0. The predicted octanol–water partition coefficient (Wildman–Crippen LogP) is 2.63. The van der Waals surface area contributed by atoms with Crippen LogP contribution in [0.3, 0.4) is 0 Å². The van der Waals surface area contributed by atoms with E-state index in [2.05, 4.69) is 23.9 Å². The molecule has 0 fully saturated rings. The molecule has 0 radical (unpaired) electrons. The number of hydrogen-bond acceptors (Lipinski definition) is 2. The minimum Gasteiger partial charge on any atom is -0.251 e. The van der Waals surface area contributed by atoms with Crippen LogP contribution in [0.25, 0.3) is 0 Å². The van der Waals surface area contributed by atoms with Gasteiger partial charge in [0.05, 0.1) is 0 Å². The molecule has 0 saturated carbocycles. The lowest BCUT2D eigenvalue weighted by atomic mass is 10.1. The average molecular weight is 166 g/mol. The van der Waals surface area contributed by atoms with Gasteiger partial charge in [-0.2, -0.15) is 0 Å². The monoisotopic (exact) mass is 166 g/mol. The topological polar surface area (TPSA) is 29.5 Å². The largest absolute Gasteiger partial charge is 0.251 e. The van der Waals surface area contributed by atoms with Crippen molar-refractivity contribution in [3.8, 4) is 0 Å². The lowest BCUT2D eigenvalue weighted by Gasteiger charge is -2.00. The molecule has 66 valence electrons. The highest BCUT2D eigenvalue weighted by Gasteiger charge is 1.93. The number of aryl methyl sites for hydroxylation is 1. The van der Waals surface area contributed by atoms with Crippen molar-refractivity contribution in [1.29, 1.82) is 0 Å². The SMILES string of the molecule is CCCc1ccc(COO)cc1. The van der Waals surface area contributed by atoms with Crippen LogP contribution in [0.4, 0.5) is 0 Å². The fraction of sp³-hybridized carbons (Fsp3) is 0.400. The van der Waals surface area contributed by atoms with Crippen molar-refractivity contribution in [2.45, 2.75) is 26.4 Å². The molecule has 0 saturated heterocycles. The third-order valence-electron chi connectivity index (χ3n) is 1.79. The van der Waals surface area contributed by atoms with E-state index in [9.17, 15) is 0 Å². The third-order valence-corrected chi connectivity index (χ3v) is 1.79. The van der Waals surface area contributed by atoms with Crippen LogP contribution in [-0.4, -0.2) is 5.26 Å². The molecular weight excluding hydrogens is 152 g/mol. The molecule has 0 bridgehead atoms. The van der Waals surface area contributed by atoms with E-state index in [1.54, 1.807) is 0 Å². The van der Waals surface area contributed by atoms with Crippen LogP contribution in [-0.2, 0) is 17.9 Å². The first-order valence-corrected chi connectivity index (χ1v) is 4.21. The average Bonchev–Trinajstić information content (AvgIpc) is 2.09. The Balaban J connectivity index is 2.58. The molecular formula is C10H14O2. The molecule has 0 spiro atoms. The molecule has 1 rings (SSSR count). The maximum Gasteiger partial charge on any atom is 0.107 e. The molecule has 1 aromatic rings. The quantitative estimate of drug-likeness (QED) is 0.550. The van der Waals surface area contributed by atoms with Crippen LogP contribution >= 0.6 is 0 Å². The first-order chi connectivity index (χ1) is 5.86. The van der Waals surface area contributed by atoms with Gasteiger partial charge in [-0.1, -0.05) is 37.6 Å². The second-order valence-electron chi connectivity index (χ2n) is 2.84. The summed E-state index contributed by atoms with van der Waals surface area (Å²) in [5.74, 6) is 0. The van der Waals surface area contributed by atoms with Crippen molar-refractivity contribution in [2.75, 3.05) is 0 Å². The number of rotatable bonds is 4. The summed E-state index contributed by atoms with van der Waals surface area (Å²) in [5, 5.41) is 8.19. The molecule has 2 heteroatoms. The van der Waals surface area contributed by atoms with Crippen LogP contribution in [0, 0.1) is 0 Å². The van der Waals surface area contributed by atoms with Gasteiger partial charge < -0.3 is 0 Å². The highest BCUT2D eigenvalue weighted by atomic mass is 17.1. The van der Waals surface area contributed by atoms with Crippen LogP contribution in [0.1, 0.15) is 24.5 Å². The van der Waals surface area contributed by atoms with Crippen molar-refractivity contribution in [3.63, 3.8) is 0 Å². The fourth-order valence-electron chi connectivity index (χ4n) is 1.17. The van der Waals surface area contributed by atoms with Gasteiger partial charge >= 0.3 is 0 Å². The van der Waals surface area contributed by atoms with Crippen molar-refractivity contribution >= 4 is 0 Å². The Morgan fingerprint density at radius 3 is 2.25 bits per heavy atom. The van der Waals surface area contributed by atoms with Crippen LogP contribution in [0.2, 0.25) is 0 Å². The molecule has 1 aromatic carbocycles. The van der Waals surface area contributed by atoms with Crippen LogP contribution in [0.15, 0.2) is 24.3 Å². The smallest absolute Gasteiger partial charge is 0.107 e. The molecule has 0 aromatic heterocycles. The van der Waals surface area contributed by atoms with E-state index in [-0.39, 0.29) is 6.61 Å². The van der Waals surface area contributed by atoms with Gasteiger partial charge in [0.25, 0.3) is 0 Å². The Labute approximate surface area is 72.7 Å². The van der Waals surface area contributed by atoms with Gasteiger partial charge in [0.15, 0.2) is 0 Å². The summed E-state index contributed by atoms with van der Waals surface area (Å²) in [6.07, 6.45) is 2.27. The summed E-state index contributed by atoms with van der Waals surface area (Å²) in [6.45, 7) is 2.43. The van der Waals surface area contributed by atoms with E-state index in [1.165, 1.54) is 5.56 Å². The van der Waals surface area contributed by atoms with Crippen LogP contribution < -0.4 is 0 Å². The molecule has 1 N–H and O–H groups in total. The highest BCUT2D eigenvalue weighted by Crippen LogP contribution is 2.06. The Bertz CT molecular complexity index is 191. The minimum atomic E-state index is 0.270. The van der Waals surface area contributed by atoms with E-state index in [0.29, 0.717) is 0 Å². The molecule has 0 atom stereocenters. The Morgan fingerprint density at radius 2 is 1.75 bits per heavy atom. The van der Waals surface area contributed by atoms with E-state index in [0.717, 1.165) is 18.4 Å². The minimum absolute atomic E-state index is 0.270. The highest BCUT2D eigenvalue weighted by molar-refractivity contribution is 5.21. The first-order valence-electron chi connectivity index (χ1n) is 4.21. The summed E-state index contributed by atoms with van der Waals surface area (Å²) in [5.41, 5.74) is 2.33. The van der Waals surface area contributed by atoms with Gasteiger partial charge in [-0.3, -0.25) is 5.26 Å². The zero-order valence-electron chi connectivity index (χ0n) is 7.29. The zero-order chi connectivity index (χ0) is 8.81. The van der Waals surface area contributed by atoms with Gasteiger partial charge in [0, 0.05) is 0 Å². The molecule has 0 aliphatic carbocycles. The first kappa shape index (κ1) is 9.23. The van der Waals surface area contributed by atoms with Gasteiger partial charge in [0.1, 0.15) is 6.61 Å². The van der Waals surface area contributed by atoms with Crippen LogP contribution in [0.5, 0.6) is 0 Å². The van der Waals surface area contributed by atoms with Gasteiger partial charge in [-0.05, 0) is 17.5 Å². The van der Waals surface area contributed by atoms with Gasteiger partial charge in [-0.15, -0.1) is 0 Å². The van der Waals surface area contributed by atoms with E-state index in [4.69, 9.17) is 5.26 Å². The van der Waals surface area contributed by atoms with E-state index in [1.807, 2.05) is 12.1 Å². The lowest BCUT2D eigenvalue weighted by Crippen LogP contribution is -1.88. The van der Waals surface area contributed by atoms with Crippen molar-refractivity contribution < 1.29 is 10.1 Å². The summed E-state index contributed by atoms with van der Waals surface area (Å²) in [7, 11) is 0. The second kappa shape index (κ2) is 4.91. The van der Waals surface area contributed by atoms with Crippen molar-refractivity contribution in [1.82, 2.24) is 0 Å². The van der Waals surface area contributed by atoms with Crippen molar-refractivity contribution in [2.24, 2.45) is 0 Å². The summed E-state index contributed by atoms with van der Waals surface area (Å²) < 4.78 is 0. The number of benzene rings is 1.